The second kappa shape index (κ2) is 63.1. The molecule has 0 fully saturated rings. The molecule has 0 aromatic carbocycles. The van der Waals surface area contributed by atoms with Crippen LogP contribution in [0.25, 0.3) is 0 Å². The predicted molar refractivity (Wildman–Crippen MR) is 166 cm³/mol. The molecular formula is C32H68O12Zr. The normalized spacial score (nSPS) is 10.1. The fourth-order valence-electron chi connectivity index (χ4n) is 2.51. The average Bonchev–Trinajstić information content (AvgIpc) is 3.04. The maximum Gasteiger partial charge on any atom is 4.00 e. The van der Waals surface area contributed by atoms with E-state index < -0.39 is 0 Å². The van der Waals surface area contributed by atoms with Crippen LogP contribution in [0.5, 0.6) is 0 Å². The van der Waals surface area contributed by atoms with Crippen molar-refractivity contribution in [1.82, 2.24) is 0 Å². The molecule has 0 atom stereocenters. The molecule has 0 amide bonds. The summed E-state index contributed by atoms with van der Waals surface area (Å²) in [5.41, 5.74) is 0. The van der Waals surface area contributed by atoms with Gasteiger partial charge in [0.1, 0.15) is 0 Å². The molecule has 0 bridgehead atoms. The number of ether oxygens (including phenoxy) is 8. The molecule has 0 radical (unpaired) electrons. The van der Waals surface area contributed by atoms with Crippen LogP contribution >= 0.6 is 0 Å². The molecule has 0 aliphatic heterocycles. The molecule has 45 heavy (non-hydrogen) atoms. The Kier molecular flexibility index (Phi) is 76.9. The Morgan fingerprint density at radius 3 is 0.556 bits per heavy atom. The smallest absolute Gasteiger partial charge is 0.853 e. The van der Waals surface area contributed by atoms with Crippen molar-refractivity contribution in [1.29, 1.82) is 0 Å². The first-order valence-corrected chi connectivity index (χ1v) is 16.6. The van der Waals surface area contributed by atoms with Gasteiger partial charge in [-0.25, -0.2) is 0 Å². The summed E-state index contributed by atoms with van der Waals surface area (Å²) in [6.07, 6.45) is 9.01. The number of rotatable bonds is 32. The van der Waals surface area contributed by atoms with Crippen molar-refractivity contribution < 1.29 is 84.5 Å². The molecule has 0 aromatic rings. The fraction of sp³-hybridized carbons (Fsp3) is 1.00. The van der Waals surface area contributed by atoms with E-state index in [9.17, 15) is 20.4 Å². The van der Waals surface area contributed by atoms with E-state index >= 15 is 0 Å². The fourth-order valence-corrected chi connectivity index (χ4v) is 2.51. The van der Waals surface area contributed by atoms with Crippen LogP contribution in [-0.4, -0.2) is 132 Å². The van der Waals surface area contributed by atoms with Crippen LogP contribution in [0.1, 0.15) is 79.1 Å². The first-order valence-electron chi connectivity index (χ1n) is 16.6. The summed E-state index contributed by atoms with van der Waals surface area (Å²) in [6.45, 7) is 16.9. The average molecular weight is 736 g/mol. The summed E-state index contributed by atoms with van der Waals surface area (Å²) in [5, 5.41) is 39.6. The van der Waals surface area contributed by atoms with Crippen molar-refractivity contribution in [2.45, 2.75) is 79.1 Å². The summed E-state index contributed by atoms with van der Waals surface area (Å²) in [5.74, 6) is 0. The van der Waals surface area contributed by atoms with Crippen LogP contribution in [0.3, 0.4) is 0 Å². The zero-order valence-electron chi connectivity index (χ0n) is 29.2. The van der Waals surface area contributed by atoms with Crippen LogP contribution in [-0.2, 0) is 64.1 Å². The molecular weight excluding hydrogens is 668 g/mol. The molecule has 13 heteroatoms. The van der Waals surface area contributed by atoms with Gasteiger partial charge in [-0.3, -0.25) is 0 Å². The topological polar surface area (TPSA) is 166 Å². The Hall–Kier alpha value is 0.403. The molecule has 0 unspecified atom stereocenters. The van der Waals surface area contributed by atoms with E-state index in [2.05, 4.69) is 27.7 Å². The van der Waals surface area contributed by atoms with Gasteiger partial charge in [0.2, 0.25) is 0 Å². The van der Waals surface area contributed by atoms with E-state index in [0.29, 0.717) is 79.3 Å². The van der Waals surface area contributed by atoms with E-state index in [1.54, 1.807) is 0 Å². The van der Waals surface area contributed by atoms with Crippen molar-refractivity contribution in [3.63, 3.8) is 0 Å². The molecule has 0 aromatic heterocycles. The Morgan fingerprint density at radius 2 is 0.422 bits per heavy atom. The van der Waals surface area contributed by atoms with E-state index in [0.717, 1.165) is 77.8 Å². The molecule has 272 valence electrons. The van der Waals surface area contributed by atoms with Crippen molar-refractivity contribution in [3.8, 4) is 0 Å². The Balaban J connectivity index is -0.000000157. The molecule has 0 saturated heterocycles. The van der Waals surface area contributed by atoms with Gasteiger partial charge in [-0.05, 0) is 25.7 Å². The molecule has 0 spiro atoms. The largest absolute Gasteiger partial charge is 4.00 e. The van der Waals surface area contributed by atoms with Gasteiger partial charge < -0.3 is 58.3 Å². The Bertz CT molecular complexity index is 312. The Labute approximate surface area is 294 Å². The molecule has 0 aliphatic carbocycles. The third kappa shape index (κ3) is 76.0. The minimum Gasteiger partial charge on any atom is -0.853 e. The third-order valence-corrected chi connectivity index (χ3v) is 4.97. The van der Waals surface area contributed by atoms with Crippen LogP contribution < -0.4 is 20.4 Å². The van der Waals surface area contributed by atoms with Gasteiger partial charge in [-0.2, -0.15) is 0 Å². The molecule has 0 heterocycles. The molecule has 0 aliphatic rings. The number of unbranched alkanes of at least 4 members (excludes halogenated alkanes) is 4. The predicted octanol–water partition coefficient (Wildman–Crippen LogP) is 0.718. The molecule has 0 saturated carbocycles. The van der Waals surface area contributed by atoms with Crippen LogP contribution in [0, 0.1) is 0 Å². The Morgan fingerprint density at radius 1 is 0.267 bits per heavy atom. The van der Waals surface area contributed by atoms with E-state index in [1.165, 1.54) is 0 Å². The van der Waals surface area contributed by atoms with Gasteiger partial charge in [0.05, 0.1) is 52.9 Å². The first kappa shape index (κ1) is 54.8. The monoisotopic (exact) mass is 734 g/mol. The first-order chi connectivity index (χ1) is 21.7. The van der Waals surface area contributed by atoms with Crippen LogP contribution in [0.15, 0.2) is 0 Å². The SMILES string of the molecule is CCCCOCCOCC[O-].CCCCOCCOCC[O-].CCCCOCCOCC[O-].CCCCOCCOCC[O-].[Zr+4]. The van der Waals surface area contributed by atoms with E-state index in [4.69, 9.17) is 37.9 Å². The maximum absolute atomic E-state index is 9.90. The van der Waals surface area contributed by atoms with Crippen molar-refractivity contribution >= 4 is 0 Å². The minimum atomic E-state index is -0.158. The third-order valence-electron chi connectivity index (χ3n) is 4.97. The molecule has 0 rings (SSSR count). The van der Waals surface area contributed by atoms with E-state index in [-0.39, 0.29) is 52.6 Å². The minimum absolute atomic E-state index is 0. The van der Waals surface area contributed by atoms with Gasteiger partial charge in [0.15, 0.2) is 0 Å². The second-order valence-electron chi connectivity index (χ2n) is 9.13. The molecule has 12 nitrogen and oxygen atoms in total. The summed E-state index contributed by atoms with van der Waals surface area (Å²) >= 11 is 0. The van der Waals surface area contributed by atoms with Gasteiger partial charge in [0.25, 0.3) is 0 Å². The standard InChI is InChI=1S/4C8H17O3.Zr/c4*1-2-3-5-10-7-8-11-6-4-9;/h4*2-8H2,1H3;/q4*-1;+4. The van der Waals surface area contributed by atoms with Crippen molar-refractivity contribution in [2.75, 3.05) is 132 Å². The van der Waals surface area contributed by atoms with Gasteiger partial charge in [-0.1, -0.05) is 53.4 Å². The van der Waals surface area contributed by atoms with Gasteiger partial charge >= 0.3 is 26.2 Å². The molecule has 0 N–H and O–H groups in total. The summed E-state index contributed by atoms with van der Waals surface area (Å²) < 4.78 is 40.5. The summed E-state index contributed by atoms with van der Waals surface area (Å²) in [6, 6.07) is 0. The summed E-state index contributed by atoms with van der Waals surface area (Å²) in [7, 11) is 0. The van der Waals surface area contributed by atoms with Crippen LogP contribution in [0.2, 0.25) is 0 Å². The second-order valence-corrected chi connectivity index (χ2v) is 9.13. The van der Waals surface area contributed by atoms with Crippen molar-refractivity contribution in [2.24, 2.45) is 0 Å². The zero-order valence-corrected chi connectivity index (χ0v) is 31.7. The van der Waals surface area contributed by atoms with Crippen molar-refractivity contribution in [3.05, 3.63) is 0 Å². The number of hydrogen-bond acceptors (Lipinski definition) is 12. The summed E-state index contributed by atoms with van der Waals surface area (Å²) in [4.78, 5) is 0. The zero-order chi connectivity index (χ0) is 33.5. The maximum atomic E-state index is 9.90. The van der Waals surface area contributed by atoms with E-state index in [1.807, 2.05) is 0 Å². The van der Waals surface area contributed by atoms with Crippen LogP contribution in [0.4, 0.5) is 0 Å². The number of hydrogen-bond donors (Lipinski definition) is 0. The quantitative estimate of drug-likeness (QED) is 0.0891. The van der Waals surface area contributed by atoms with Gasteiger partial charge in [-0.15, -0.1) is 26.4 Å². The van der Waals surface area contributed by atoms with Gasteiger partial charge in [0, 0.05) is 52.9 Å².